The second-order valence-electron chi connectivity index (χ2n) is 7.50. The summed E-state index contributed by atoms with van der Waals surface area (Å²) in [5.41, 5.74) is 7.46. The summed E-state index contributed by atoms with van der Waals surface area (Å²) in [5.74, 6) is -0.459. The number of likely N-dealkylation sites (tertiary alicyclic amines) is 1. The molecular formula is C20H30N4O2. The first-order valence-corrected chi connectivity index (χ1v) is 9.74. The third kappa shape index (κ3) is 4.55. The van der Waals surface area contributed by atoms with Gasteiger partial charge in [0.05, 0.1) is 12.0 Å². The predicted octanol–water partition coefficient (Wildman–Crippen LogP) is 2.20. The van der Waals surface area contributed by atoms with E-state index in [1.807, 2.05) is 19.1 Å². The van der Waals surface area contributed by atoms with Crippen LogP contribution in [0.1, 0.15) is 39.0 Å². The van der Waals surface area contributed by atoms with E-state index in [4.69, 9.17) is 5.73 Å². The lowest BCUT2D eigenvalue weighted by Gasteiger charge is -2.34. The van der Waals surface area contributed by atoms with Gasteiger partial charge in [-0.3, -0.25) is 14.5 Å². The van der Waals surface area contributed by atoms with Gasteiger partial charge in [0.1, 0.15) is 0 Å². The van der Waals surface area contributed by atoms with E-state index in [2.05, 4.69) is 27.2 Å². The molecule has 2 aliphatic heterocycles. The summed E-state index contributed by atoms with van der Waals surface area (Å²) in [4.78, 5) is 28.5. The van der Waals surface area contributed by atoms with E-state index in [1.54, 1.807) is 0 Å². The first-order valence-electron chi connectivity index (χ1n) is 9.74. The number of nitrogens with two attached hydrogens (primary N) is 1. The number of amides is 2. The van der Waals surface area contributed by atoms with E-state index in [9.17, 15) is 9.59 Å². The fraction of sp³-hybridized carbons (Fsp3) is 0.600. The highest BCUT2D eigenvalue weighted by Gasteiger charge is 2.29. The zero-order valence-corrected chi connectivity index (χ0v) is 15.6. The highest BCUT2D eigenvalue weighted by Crippen LogP contribution is 2.23. The normalized spacial score (nSPS) is 22.7. The summed E-state index contributed by atoms with van der Waals surface area (Å²) in [7, 11) is 0. The van der Waals surface area contributed by atoms with Crippen LogP contribution in [-0.2, 0) is 9.59 Å². The molecule has 2 amide bonds. The van der Waals surface area contributed by atoms with E-state index < -0.39 is 0 Å². The number of hydrogen-bond donors (Lipinski definition) is 2. The number of nitrogens with zero attached hydrogens (tertiary/aromatic N) is 2. The van der Waals surface area contributed by atoms with Crippen LogP contribution in [0.5, 0.6) is 0 Å². The molecule has 0 saturated carbocycles. The molecule has 0 aliphatic carbocycles. The van der Waals surface area contributed by atoms with E-state index in [-0.39, 0.29) is 23.8 Å². The summed E-state index contributed by atoms with van der Waals surface area (Å²) in [6.07, 6.45) is 5.53. The average Bonchev–Trinajstić information content (AvgIpc) is 2.68. The first kappa shape index (κ1) is 18.7. The Morgan fingerprint density at radius 3 is 2.42 bits per heavy atom. The monoisotopic (exact) mass is 358 g/mol. The fourth-order valence-corrected chi connectivity index (χ4v) is 3.91. The number of nitrogens with one attached hydrogen (secondary N) is 1. The number of benzene rings is 1. The third-order valence-corrected chi connectivity index (χ3v) is 5.64. The van der Waals surface area contributed by atoms with Gasteiger partial charge in [-0.05, 0) is 69.8 Å². The van der Waals surface area contributed by atoms with Crippen molar-refractivity contribution in [2.45, 2.75) is 45.1 Å². The highest BCUT2D eigenvalue weighted by atomic mass is 16.2. The molecule has 3 N–H and O–H groups in total. The Kier molecular flexibility index (Phi) is 6.14. The number of anilines is 2. The summed E-state index contributed by atoms with van der Waals surface area (Å²) in [6, 6.07) is 7.82. The lowest BCUT2D eigenvalue weighted by Crippen LogP contribution is -2.49. The Balaban J connectivity index is 1.56. The van der Waals surface area contributed by atoms with Gasteiger partial charge >= 0.3 is 0 Å². The van der Waals surface area contributed by atoms with Crippen LogP contribution in [0.2, 0.25) is 0 Å². The molecule has 6 nitrogen and oxygen atoms in total. The standard InChI is InChI=1S/C20H30N4O2/c1-15(24-13-5-6-16(14-24)19(21)25)20(26)22-17-7-9-18(10-8-17)23-11-3-2-4-12-23/h7-10,15-16H,2-6,11-14H2,1H3,(H2,21,25)(H,22,26). The molecule has 2 atom stereocenters. The Morgan fingerprint density at radius 2 is 1.77 bits per heavy atom. The minimum Gasteiger partial charge on any atom is -0.372 e. The van der Waals surface area contributed by atoms with Crippen molar-refractivity contribution in [1.29, 1.82) is 0 Å². The summed E-state index contributed by atoms with van der Waals surface area (Å²) >= 11 is 0. The van der Waals surface area contributed by atoms with Crippen molar-refractivity contribution in [3.8, 4) is 0 Å². The second kappa shape index (κ2) is 8.54. The maximum absolute atomic E-state index is 12.6. The first-order chi connectivity index (χ1) is 12.5. The van der Waals surface area contributed by atoms with Crippen LogP contribution in [0.4, 0.5) is 11.4 Å². The molecule has 2 heterocycles. The van der Waals surface area contributed by atoms with Gasteiger partial charge in [0, 0.05) is 31.0 Å². The van der Waals surface area contributed by atoms with Gasteiger partial charge in [-0.15, -0.1) is 0 Å². The van der Waals surface area contributed by atoms with Gasteiger partial charge in [-0.2, -0.15) is 0 Å². The minimum atomic E-state index is -0.279. The number of piperidine rings is 2. The maximum atomic E-state index is 12.6. The largest absolute Gasteiger partial charge is 0.372 e. The number of primary amides is 1. The van der Waals surface area contributed by atoms with Gasteiger partial charge in [0.2, 0.25) is 11.8 Å². The molecule has 3 rings (SSSR count). The summed E-state index contributed by atoms with van der Waals surface area (Å²) in [5, 5.41) is 3.00. The lowest BCUT2D eigenvalue weighted by molar-refractivity contribution is -0.127. The van der Waals surface area contributed by atoms with Crippen molar-refractivity contribution in [3.05, 3.63) is 24.3 Å². The molecule has 26 heavy (non-hydrogen) atoms. The van der Waals surface area contributed by atoms with Crippen LogP contribution in [0.3, 0.4) is 0 Å². The third-order valence-electron chi connectivity index (χ3n) is 5.64. The topological polar surface area (TPSA) is 78.7 Å². The zero-order chi connectivity index (χ0) is 18.5. The molecule has 2 aliphatic rings. The molecule has 2 fully saturated rings. The lowest BCUT2D eigenvalue weighted by atomic mass is 9.96. The van der Waals surface area contributed by atoms with Crippen molar-refractivity contribution in [3.63, 3.8) is 0 Å². The van der Waals surface area contributed by atoms with Crippen LogP contribution in [0.25, 0.3) is 0 Å². The van der Waals surface area contributed by atoms with E-state index in [1.165, 1.54) is 24.9 Å². The van der Waals surface area contributed by atoms with Crippen molar-refractivity contribution in [2.75, 3.05) is 36.4 Å². The molecule has 0 spiro atoms. The number of carbonyl (C=O) groups is 2. The number of hydrogen-bond acceptors (Lipinski definition) is 4. The highest BCUT2D eigenvalue weighted by molar-refractivity contribution is 5.94. The minimum absolute atomic E-state index is 0.0409. The Morgan fingerprint density at radius 1 is 1.08 bits per heavy atom. The van der Waals surface area contributed by atoms with E-state index in [0.29, 0.717) is 6.54 Å². The SMILES string of the molecule is CC(C(=O)Nc1ccc(N2CCCCC2)cc1)N1CCCC(C(N)=O)C1. The van der Waals surface area contributed by atoms with Gasteiger partial charge < -0.3 is 16.0 Å². The van der Waals surface area contributed by atoms with Gasteiger partial charge in [0.15, 0.2) is 0 Å². The molecule has 6 heteroatoms. The van der Waals surface area contributed by atoms with Crippen LogP contribution in [-0.4, -0.2) is 48.9 Å². The Bertz CT molecular complexity index is 625. The summed E-state index contributed by atoms with van der Waals surface area (Å²) < 4.78 is 0. The van der Waals surface area contributed by atoms with Crippen molar-refractivity contribution in [2.24, 2.45) is 11.7 Å². The molecule has 1 aromatic rings. The Labute approximate surface area is 155 Å². The van der Waals surface area contributed by atoms with Crippen molar-refractivity contribution in [1.82, 2.24) is 4.90 Å². The van der Waals surface area contributed by atoms with Crippen molar-refractivity contribution >= 4 is 23.2 Å². The molecule has 0 aromatic heterocycles. The van der Waals surface area contributed by atoms with Gasteiger partial charge in [-0.25, -0.2) is 0 Å². The number of carbonyl (C=O) groups excluding carboxylic acids is 2. The molecule has 2 saturated heterocycles. The molecule has 2 unspecified atom stereocenters. The van der Waals surface area contributed by atoms with Crippen LogP contribution in [0, 0.1) is 5.92 Å². The van der Waals surface area contributed by atoms with E-state index in [0.717, 1.165) is 38.2 Å². The fourth-order valence-electron chi connectivity index (χ4n) is 3.91. The maximum Gasteiger partial charge on any atom is 0.241 e. The van der Waals surface area contributed by atoms with E-state index >= 15 is 0 Å². The van der Waals surface area contributed by atoms with Crippen LogP contribution < -0.4 is 16.0 Å². The molecule has 0 radical (unpaired) electrons. The van der Waals surface area contributed by atoms with Gasteiger partial charge in [-0.1, -0.05) is 0 Å². The molecule has 1 aromatic carbocycles. The van der Waals surface area contributed by atoms with Crippen LogP contribution >= 0.6 is 0 Å². The smallest absolute Gasteiger partial charge is 0.241 e. The second-order valence-corrected chi connectivity index (χ2v) is 7.50. The quantitative estimate of drug-likeness (QED) is 0.846. The van der Waals surface area contributed by atoms with Crippen molar-refractivity contribution < 1.29 is 9.59 Å². The van der Waals surface area contributed by atoms with Gasteiger partial charge in [0.25, 0.3) is 0 Å². The number of rotatable bonds is 5. The summed E-state index contributed by atoms with van der Waals surface area (Å²) in [6.45, 7) is 5.50. The average molecular weight is 358 g/mol. The zero-order valence-electron chi connectivity index (χ0n) is 15.6. The molecular weight excluding hydrogens is 328 g/mol. The predicted molar refractivity (Wildman–Crippen MR) is 104 cm³/mol. The van der Waals surface area contributed by atoms with Crippen LogP contribution in [0.15, 0.2) is 24.3 Å². The molecule has 142 valence electrons. The molecule has 0 bridgehead atoms. The Hall–Kier alpha value is -2.08.